The van der Waals surface area contributed by atoms with Crippen molar-refractivity contribution in [2.24, 2.45) is 0 Å². The molecular weight excluding hydrogens is 384 g/mol. The lowest BCUT2D eigenvalue weighted by Gasteiger charge is -2.26. The topological polar surface area (TPSA) is 106 Å². The van der Waals surface area contributed by atoms with Crippen LogP contribution in [-0.4, -0.2) is 44.1 Å². The van der Waals surface area contributed by atoms with E-state index in [9.17, 15) is 9.59 Å². The zero-order valence-electron chi connectivity index (χ0n) is 17.8. The summed E-state index contributed by atoms with van der Waals surface area (Å²) in [5.41, 5.74) is 1.28. The van der Waals surface area contributed by atoms with E-state index in [0.29, 0.717) is 17.3 Å². The maximum Gasteiger partial charge on any atom is 0.251 e. The van der Waals surface area contributed by atoms with Crippen molar-refractivity contribution in [1.29, 1.82) is 0 Å². The summed E-state index contributed by atoms with van der Waals surface area (Å²) >= 11 is 0. The van der Waals surface area contributed by atoms with Crippen molar-refractivity contribution in [1.82, 2.24) is 25.5 Å². The minimum absolute atomic E-state index is 0.113. The molecule has 0 aliphatic rings. The van der Waals surface area contributed by atoms with Crippen molar-refractivity contribution in [2.45, 2.75) is 46.7 Å². The van der Waals surface area contributed by atoms with Crippen LogP contribution in [0, 0.1) is 13.8 Å². The Morgan fingerprint density at radius 2 is 1.80 bits per heavy atom. The number of carbonyl (C=O) groups excluding carboxylic acids is 2. The summed E-state index contributed by atoms with van der Waals surface area (Å²) in [6, 6.07) is 10.9. The van der Waals surface area contributed by atoms with Gasteiger partial charge in [0.1, 0.15) is 18.8 Å². The van der Waals surface area contributed by atoms with E-state index in [0.717, 1.165) is 11.3 Å². The summed E-state index contributed by atoms with van der Waals surface area (Å²) < 4.78 is 5.49. The van der Waals surface area contributed by atoms with Gasteiger partial charge in [0.2, 0.25) is 11.7 Å². The maximum atomic E-state index is 13.0. The van der Waals surface area contributed by atoms with Crippen LogP contribution in [0.15, 0.2) is 40.8 Å². The number of nitrogens with zero attached hydrogens (tertiary/aromatic N) is 5. The molecule has 0 radical (unpaired) electrons. The molecule has 1 aromatic carbocycles. The van der Waals surface area contributed by atoms with Gasteiger partial charge >= 0.3 is 0 Å². The number of hydrogen-bond donors (Lipinski definition) is 1. The van der Waals surface area contributed by atoms with E-state index in [4.69, 9.17) is 4.42 Å². The molecule has 2 amide bonds. The van der Waals surface area contributed by atoms with Crippen LogP contribution in [0.25, 0.3) is 11.6 Å². The number of rotatable bonds is 6. The van der Waals surface area contributed by atoms with Crippen molar-refractivity contribution >= 4 is 17.5 Å². The molecule has 3 rings (SSSR count). The molecule has 0 saturated heterocycles. The smallest absolute Gasteiger partial charge is 0.251 e. The van der Waals surface area contributed by atoms with E-state index in [1.54, 1.807) is 12.1 Å². The Kier molecular flexibility index (Phi) is 6.00. The fraction of sp³-hybridized carbons (Fsp3) is 0.381. The molecule has 0 bridgehead atoms. The van der Waals surface area contributed by atoms with Crippen LogP contribution in [0.4, 0.5) is 5.69 Å². The zero-order chi connectivity index (χ0) is 21.9. The van der Waals surface area contributed by atoms with E-state index in [-0.39, 0.29) is 24.9 Å². The molecule has 2 heterocycles. The van der Waals surface area contributed by atoms with E-state index in [2.05, 4.69) is 20.7 Å². The highest BCUT2D eigenvalue weighted by atomic mass is 16.3. The minimum atomic E-state index is -0.400. The summed E-state index contributed by atoms with van der Waals surface area (Å²) in [5.74, 6) is 0.916. The Bertz CT molecular complexity index is 1030. The van der Waals surface area contributed by atoms with Crippen LogP contribution in [0.1, 0.15) is 32.1 Å². The normalized spacial score (nSPS) is 11.4. The van der Waals surface area contributed by atoms with Gasteiger partial charge in [-0.25, -0.2) is 0 Å². The van der Waals surface area contributed by atoms with Crippen LogP contribution >= 0.6 is 0 Å². The molecule has 3 aromatic rings. The number of nitrogens with one attached hydrogen (secondary N) is 1. The Morgan fingerprint density at radius 3 is 2.40 bits per heavy atom. The fourth-order valence-electron chi connectivity index (χ4n) is 2.82. The molecule has 0 saturated carbocycles. The molecule has 158 valence electrons. The number of aromatic nitrogens is 4. The van der Waals surface area contributed by atoms with Gasteiger partial charge in [-0.3, -0.25) is 9.59 Å². The summed E-state index contributed by atoms with van der Waals surface area (Å²) in [6.07, 6.45) is 0. The Balaban J connectivity index is 1.78. The number of carbonyl (C=O) groups is 2. The lowest BCUT2D eigenvalue weighted by molar-refractivity contribution is -0.125. The second kappa shape index (κ2) is 8.48. The average molecular weight is 410 g/mol. The van der Waals surface area contributed by atoms with Gasteiger partial charge < -0.3 is 14.6 Å². The fourth-order valence-corrected chi connectivity index (χ4v) is 2.82. The lowest BCUT2D eigenvalue weighted by atomic mass is 10.1. The first-order valence-electron chi connectivity index (χ1n) is 9.63. The highest BCUT2D eigenvalue weighted by Gasteiger charge is 2.23. The molecule has 9 heteroatoms. The van der Waals surface area contributed by atoms with E-state index < -0.39 is 5.54 Å². The predicted octanol–water partition coefficient (Wildman–Crippen LogP) is 2.50. The molecule has 0 spiro atoms. The van der Waals surface area contributed by atoms with E-state index >= 15 is 0 Å². The number of furan rings is 1. The lowest BCUT2D eigenvalue weighted by Crippen LogP contribution is -2.48. The minimum Gasteiger partial charge on any atom is -0.458 e. The van der Waals surface area contributed by atoms with Crippen LogP contribution in [-0.2, 0) is 16.1 Å². The van der Waals surface area contributed by atoms with Gasteiger partial charge in [-0.2, -0.15) is 4.80 Å². The maximum absolute atomic E-state index is 13.0. The van der Waals surface area contributed by atoms with Crippen molar-refractivity contribution < 1.29 is 14.0 Å². The molecule has 0 aliphatic carbocycles. The standard InChI is InChI=1S/C21H26N6O3/c1-14-6-9-16(10-7-14)26(12-18(28)22-21(3,4)5)19(29)13-27-24-20(23-25-27)17-11-8-15(2)30-17/h6-11H,12-13H2,1-5H3,(H,22,28). The van der Waals surface area contributed by atoms with Gasteiger partial charge in [-0.1, -0.05) is 17.7 Å². The third kappa shape index (κ3) is 5.53. The first kappa shape index (κ1) is 21.2. The van der Waals surface area contributed by atoms with Crippen LogP contribution < -0.4 is 10.2 Å². The summed E-state index contributed by atoms with van der Waals surface area (Å²) in [5, 5.41) is 15.0. The molecule has 1 N–H and O–H groups in total. The summed E-state index contributed by atoms with van der Waals surface area (Å²) in [4.78, 5) is 28.1. The average Bonchev–Trinajstić information content (AvgIpc) is 3.28. The molecule has 0 unspecified atom stereocenters. The second-order valence-corrected chi connectivity index (χ2v) is 8.17. The number of tetrazole rings is 1. The monoisotopic (exact) mass is 410 g/mol. The van der Waals surface area contributed by atoms with Crippen molar-refractivity contribution in [2.75, 3.05) is 11.4 Å². The van der Waals surface area contributed by atoms with Crippen LogP contribution in [0.3, 0.4) is 0 Å². The number of aryl methyl sites for hydroxylation is 2. The third-order valence-corrected chi connectivity index (χ3v) is 4.15. The molecule has 0 aliphatic heterocycles. The molecule has 0 atom stereocenters. The van der Waals surface area contributed by atoms with Crippen LogP contribution in [0.2, 0.25) is 0 Å². The van der Waals surface area contributed by atoms with Gasteiger partial charge in [-0.15, -0.1) is 10.2 Å². The predicted molar refractivity (Wildman–Crippen MR) is 112 cm³/mol. The molecular formula is C21H26N6O3. The quantitative estimate of drug-likeness (QED) is 0.669. The third-order valence-electron chi connectivity index (χ3n) is 4.15. The zero-order valence-corrected chi connectivity index (χ0v) is 17.8. The first-order chi connectivity index (χ1) is 14.1. The number of amides is 2. The number of anilines is 1. The van der Waals surface area contributed by atoms with Gasteiger partial charge in [0.05, 0.1) is 0 Å². The Hall–Kier alpha value is -3.49. The van der Waals surface area contributed by atoms with Gasteiger partial charge in [0.25, 0.3) is 5.91 Å². The van der Waals surface area contributed by atoms with E-state index in [1.807, 2.05) is 58.9 Å². The molecule has 30 heavy (non-hydrogen) atoms. The highest BCUT2D eigenvalue weighted by Crippen LogP contribution is 2.18. The Labute approximate surface area is 175 Å². The summed E-state index contributed by atoms with van der Waals surface area (Å²) in [6.45, 7) is 9.17. The second-order valence-electron chi connectivity index (χ2n) is 8.17. The molecule has 2 aromatic heterocycles. The SMILES string of the molecule is Cc1ccc(N(CC(=O)NC(C)(C)C)C(=O)Cn2nnc(-c3ccc(C)o3)n2)cc1. The number of hydrogen-bond acceptors (Lipinski definition) is 6. The van der Waals surface area contributed by atoms with Crippen LogP contribution in [0.5, 0.6) is 0 Å². The Morgan fingerprint density at radius 1 is 1.10 bits per heavy atom. The molecule has 9 nitrogen and oxygen atoms in total. The van der Waals surface area contributed by atoms with Gasteiger partial charge in [-0.05, 0) is 64.1 Å². The largest absolute Gasteiger partial charge is 0.458 e. The highest BCUT2D eigenvalue weighted by molar-refractivity contribution is 5.98. The first-order valence-corrected chi connectivity index (χ1v) is 9.63. The van der Waals surface area contributed by atoms with Crippen molar-refractivity contribution in [3.63, 3.8) is 0 Å². The summed E-state index contributed by atoms with van der Waals surface area (Å²) in [7, 11) is 0. The van der Waals surface area contributed by atoms with E-state index in [1.165, 1.54) is 9.70 Å². The van der Waals surface area contributed by atoms with Crippen molar-refractivity contribution in [3.05, 3.63) is 47.7 Å². The molecule has 0 fully saturated rings. The number of benzene rings is 1. The van der Waals surface area contributed by atoms with Gasteiger partial charge in [0.15, 0.2) is 5.76 Å². The van der Waals surface area contributed by atoms with Gasteiger partial charge in [0, 0.05) is 11.2 Å². The van der Waals surface area contributed by atoms with Crippen molar-refractivity contribution in [3.8, 4) is 11.6 Å².